The Morgan fingerprint density at radius 1 is 0.521 bits per heavy atom. The van der Waals surface area contributed by atoms with Crippen LogP contribution in [0.4, 0.5) is 14.4 Å². The van der Waals surface area contributed by atoms with Crippen molar-refractivity contribution in [1.82, 2.24) is 16.0 Å². The van der Waals surface area contributed by atoms with Crippen molar-refractivity contribution in [3.05, 3.63) is 38.0 Å². The van der Waals surface area contributed by atoms with E-state index in [2.05, 4.69) is 35.7 Å². The zero-order chi connectivity index (χ0) is 36.2. The average Bonchev–Trinajstić information content (AvgIpc) is 3.05. The Kier molecular flexibility index (Phi) is 24.8. The van der Waals surface area contributed by atoms with E-state index in [0.29, 0.717) is 0 Å². The summed E-state index contributed by atoms with van der Waals surface area (Å²) < 4.78 is 47.0. The Labute approximate surface area is 279 Å². The minimum absolute atomic E-state index is 0.00852. The lowest BCUT2D eigenvalue weighted by atomic mass is 10.3. The Morgan fingerprint density at radius 3 is 1.15 bits per heavy atom. The molecule has 18 heteroatoms. The Hall–Kier alpha value is -4.68. The molecule has 0 saturated carbocycles. The first kappa shape index (κ1) is 43.3. The molecule has 3 atom stereocenters. The number of esters is 3. The zero-order valence-electron chi connectivity index (χ0n) is 27.6. The second kappa shape index (κ2) is 27.4. The van der Waals surface area contributed by atoms with Gasteiger partial charge in [-0.05, 0) is 20.8 Å². The maximum absolute atomic E-state index is 12.0. The van der Waals surface area contributed by atoms with Crippen molar-refractivity contribution in [2.75, 3.05) is 72.5 Å². The second-order valence-electron chi connectivity index (χ2n) is 9.57. The fraction of sp³-hybridized carbons (Fsp3) is 0.600. The van der Waals surface area contributed by atoms with Crippen LogP contribution in [-0.2, 0) is 57.0 Å². The molecule has 0 aliphatic rings. The van der Waals surface area contributed by atoms with Gasteiger partial charge < -0.3 is 58.6 Å². The summed E-state index contributed by atoms with van der Waals surface area (Å²) in [6.45, 7) is 14.4. The molecule has 0 rings (SSSR count). The van der Waals surface area contributed by atoms with Gasteiger partial charge in [0.05, 0.1) is 52.7 Å². The molecule has 0 fully saturated rings. The van der Waals surface area contributed by atoms with Crippen molar-refractivity contribution in [1.29, 1.82) is 0 Å². The minimum Gasteiger partial charge on any atom is -0.461 e. The molecule has 0 aliphatic heterocycles. The summed E-state index contributed by atoms with van der Waals surface area (Å²) in [7, 11) is 0. The molecule has 18 nitrogen and oxygen atoms in total. The van der Waals surface area contributed by atoms with Crippen LogP contribution in [0.1, 0.15) is 20.8 Å². The fourth-order valence-corrected chi connectivity index (χ4v) is 3.01. The van der Waals surface area contributed by atoms with E-state index in [9.17, 15) is 28.8 Å². The van der Waals surface area contributed by atoms with Crippen LogP contribution in [0.25, 0.3) is 0 Å². The van der Waals surface area contributed by atoms with Gasteiger partial charge in [0.15, 0.2) is 0 Å². The van der Waals surface area contributed by atoms with Gasteiger partial charge >= 0.3 is 36.2 Å². The third-order valence-electron chi connectivity index (χ3n) is 5.15. The van der Waals surface area contributed by atoms with Crippen LogP contribution in [0, 0.1) is 0 Å². The standard InChI is InChI=1S/C30H47N3O15/c1-7-25(34)42-13-10-31-28(37)46-21(4)16-40-19-24(45-18-23(6)48-30(39)33-12-15-44-27(36)9-3)20-41-17-22(5)47-29(38)32-11-14-43-26(35)8-2/h7-9,21-24H,1-3,10-20H2,4-6H3,(H,31,37)(H,32,38)(H,33,39). The van der Waals surface area contributed by atoms with E-state index >= 15 is 0 Å². The highest BCUT2D eigenvalue weighted by Gasteiger charge is 2.18. The molecular weight excluding hydrogens is 642 g/mol. The molecule has 0 aliphatic carbocycles. The average molecular weight is 690 g/mol. The Balaban J connectivity index is 4.74. The van der Waals surface area contributed by atoms with Crippen molar-refractivity contribution < 1.29 is 71.4 Å². The van der Waals surface area contributed by atoms with Crippen LogP contribution in [0.15, 0.2) is 38.0 Å². The highest BCUT2D eigenvalue weighted by molar-refractivity contribution is 5.82. The van der Waals surface area contributed by atoms with E-state index in [1.54, 1.807) is 20.8 Å². The van der Waals surface area contributed by atoms with Gasteiger partial charge in [0.1, 0.15) is 44.2 Å². The first-order valence-electron chi connectivity index (χ1n) is 14.9. The zero-order valence-corrected chi connectivity index (χ0v) is 27.6. The molecule has 0 aromatic carbocycles. The maximum atomic E-state index is 12.0. The maximum Gasteiger partial charge on any atom is 0.407 e. The van der Waals surface area contributed by atoms with E-state index in [0.717, 1.165) is 18.2 Å². The summed E-state index contributed by atoms with van der Waals surface area (Å²) in [4.78, 5) is 68.9. The van der Waals surface area contributed by atoms with Crippen molar-refractivity contribution in [2.24, 2.45) is 0 Å². The fourth-order valence-electron chi connectivity index (χ4n) is 3.01. The van der Waals surface area contributed by atoms with Gasteiger partial charge in [-0.3, -0.25) is 0 Å². The van der Waals surface area contributed by atoms with Crippen molar-refractivity contribution in [3.63, 3.8) is 0 Å². The number of alkyl carbamates (subject to hydrolysis) is 3. The number of hydrogen-bond acceptors (Lipinski definition) is 15. The molecule has 0 bridgehead atoms. The molecule has 3 amide bonds. The molecule has 3 N–H and O–H groups in total. The molecule has 0 heterocycles. The summed E-state index contributed by atoms with van der Waals surface area (Å²) in [5.41, 5.74) is 0. The van der Waals surface area contributed by atoms with Gasteiger partial charge in [-0.25, -0.2) is 28.8 Å². The topological polar surface area (TPSA) is 222 Å². The predicted octanol–water partition coefficient (Wildman–Crippen LogP) is 0.937. The highest BCUT2D eigenvalue weighted by Crippen LogP contribution is 2.04. The van der Waals surface area contributed by atoms with E-state index in [-0.39, 0.29) is 72.5 Å². The summed E-state index contributed by atoms with van der Waals surface area (Å²) in [6.07, 6.45) is -1.93. The lowest BCUT2D eigenvalue weighted by molar-refractivity contribution is -0.138. The second-order valence-corrected chi connectivity index (χ2v) is 9.57. The lowest BCUT2D eigenvalue weighted by Gasteiger charge is -2.22. The minimum atomic E-state index is -0.754. The van der Waals surface area contributed by atoms with Gasteiger partial charge in [-0.2, -0.15) is 0 Å². The van der Waals surface area contributed by atoms with Crippen molar-refractivity contribution >= 4 is 36.2 Å². The normalized spacial score (nSPS) is 12.8. The van der Waals surface area contributed by atoms with Gasteiger partial charge in [-0.1, -0.05) is 19.7 Å². The number of nitrogens with one attached hydrogen (secondary N) is 3. The Morgan fingerprint density at radius 2 is 0.833 bits per heavy atom. The van der Waals surface area contributed by atoms with Crippen molar-refractivity contribution in [2.45, 2.75) is 45.2 Å². The predicted molar refractivity (Wildman–Crippen MR) is 167 cm³/mol. The number of ether oxygens (including phenoxy) is 9. The number of rotatable bonds is 26. The lowest BCUT2D eigenvalue weighted by Crippen LogP contribution is -2.36. The molecule has 0 aromatic heterocycles. The molecule has 48 heavy (non-hydrogen) atoms. The van der Waals surface area contributed by atoms with E-state index in [1.807, 2.05) is 0 Å². The number of carbonyl (C=O) groups is 6. The monoisotopic (exact) mass is 689 g/mol. The quantitative estimate of drug-likeness (QED) is 0.0498. The molecule has 0 spiro atoms. The van der Waals surface area contributed by atoms with Crippen LogP contribution in [0.3, 0.4) is 0 Å². The number of carbonyl (C=O) groups excluding carboxylic acids is 6. The molecule has 0 aromatic rings. The van der Waals surface area contributed by atoms with Crippen LogP contribution >= 0.6 is 0 Å². The van der Waals surface area contributed by atoms with Gasteiger partial charge in [0, 0.05) is 18.2 Å². The summed E-state index contributed by atoms with van der Waals surface area (Å²) in [5, 5.41) is 7.29. The molecule has 272 valence electrons. The molecule has 0 saturated heterocycles. The van der Waals surface area contributed by atoms with Crippen LogP contribution in [0.2, 0.25) is 0 Å². The van der Waals surface area contributed by atoms with Gasteiger partial charge in [0.25, 0.3) is 0 Å². The summed E-state index contributed by atoms with van der Waals surface area (Å²) >= 11 is 0. The Bertz CT molecular complexity index is 985. The van der Waals surface area contributed by atoms with Crippen molar-refractivity contribution in [3.8, 4) is 0 Å². The third kappa shape index (κ3) is 25.5. The van der Waals surface area contributed by atoms with E-state index < -0.39 is 60.6 Å². The first-order valence-corrected chi connectivity index (χ1v) is 14.9. The van der Waals surface area contributed by atoms with Crippen LogP contribution in [0.5, 0.6) is 0 Å². The SMILES string of the molecule is C=CC(=O)OCCNC(=O)OC(C)COCC(COCC(C)OC(=O)NCCOC(=O)C=C)OCC(C)OC(=O)NCCOC(=O)C=C. The van der Waals surface area contributed by atoms with E-state index in [1.165, 1.54) is 0 Å². The first-order chi connectivity index (χ1) is 22.9. The number of amides is 3. The van der Waals surface area contributed by atoms with Crippen LogP contribution in [-0.4, -0.2) is 133 Å². The van der Waals surface area contributed by atoms with Crippen LogP contribution < -0.4 is 16.0 Å². The van der Waals surface area contributed by atoms with Gasteiger partial charge in [-0.15, -0.1) is 0 Å². The third-order valence-corrected chi connectivity index (χ3v) is 5.15. The summed E-state index contributed by atoms with van der Waals surface area (Å²) in [6, 6.07) is 0. The summed E-state index contributed by atoms with van der Waals surface area (Å²) in [5.74, 6) is -1.86. The molecule has 3 unspecified atom stereocenters. The number of hydrogen-bond donors (Lipinski definition) is 3. The highest BCUT2D eigenvalue weighted by atomic mass is 16.6. The molecule has 0 radical (unpaired) electrons. The van der Waals surface area contributed by atoms with Gasteiger partial charge in [0.2, 0.25) is 0 Å². The van der Waals surface area contributed by atoms with E-state index in [4.69, 9.17) is 42.6 Å². The largest absolute Gasteiger partial charge is 0.461 e. The molecular formula is C30H47N3O15. The smallest absolute Gasteiger partial charge is 0.407 e.